The van der Waals surface area contributed by atoms with E-state index >= 15 is 0 Å². The molecule has 0 saturated heterocycles. The number of aromatic nitrogens is 1. The highest BCUT2D eigenvalue weighted by atomic mass is 16.5. The van der Waals surface area contributed by atoms with Gasteiger partial charge < -0.3 is 10.3 Å². The van der Waals surface area contributed by atoms with Gasteiger partial charge in [-0.05, 0) is 12.1 Å². The average Bonchev–Trinajstić information content (AvgIpc) is 2.46. The molecule has 0 unspecified atom stereocenters. The van der Waals surface area contributed by atoms with Crippen LogP contribution in [0, 0.1) is 5.92 Å². The van der Waals surface area contributed by atoms with Crippen LogP contribution in [0.15, 0.2) is 24.4 Å². The molecule has 19 heavy (non-hydrogen) atoms. The van der Waals surface area contributed by atoms with Gasteiger partial charge in [0.05, 0.1) is 7.11 Å². The first-order valence-corrected chi connectivity index (χ1v) is 5.78. The number of carbonyl (C=O) groups is 2. The lowest BCUT2D eigenvalue weighted by atomic mass is 9.87. The molecular formula is C13H15N3O3. The predicted octanol–water partition coefficient (Wildman–Crippen LogP) is 1.23. The van der Waals surface area contributed by atoms with E-state index in [1.807, 2.05) is 13.0 Å². The maximum absolute atomic E-state index is 12.1. The fraction of sp³-hybridized carbons (Fsp3) is 0.385. The summed E-state index contributed by atoms with van der Waals surface area (Å²) < 4.78 is 4.39. The summed E-state index contributed by atoms with van der Waals surface area (Å²) in [5, 5.41) is 0. The summed E-state index contributed by atoms with van der Waals surface area (Å²) in [6, 6.07) is 5.39. The molecule has 2 atom stereocenters. The topological polar surface area (TPSA) is 92.7 Å². The van der Waals surface area contributed by atoms with Crippen LogP contribution in [0.25, 0.3) is 5.53 Å². The lowest BCUT2D eigenvalue weighted by Crippen LogP contribution is -2.33. The Morgan fingerprint density at radius 2 is 2.05 bits per heavy atom. The standard InChI is InChI=1S/C13H15N3O3/c1-8(10-6-4-5-7-15-10)9(2)12(17)11(16-14)13(18)19-3/h4-9H,1-3H3/t8-,9+/m1/s1. The van der Waals surface area contributed by atoms with E-state index in [4.69, 9.17) is 5.53 Å². The number of ketones is 1. The minimum Gasteiger partial charge on any atom is -0.460 e. The van der Waals surface area contributed by atoms with Gasteiger partial charge in [-0.25, -0.2) is 4.79 Å². The molecule has 0 N–H and O–H groups in total. The third-order valence-electron chi connectivity index (χ3n) is 3.03. The van der Waals surface area contributed by atoms with Crippen LogP contribution in [0.5, 0.6) is 0 Å². The van der Waals surface area contributed by atoms with E-state index in [0.717, 1.165) is 12.8 Å². The lowest BCUT2D eigenvalue weighted by Gasteiger charge is -2.15. The number of rotatable bonds is 5. The van der Waals surface area contributed by atoms with Gasteiger partial charge in [0.15, 0.2) is 0 Å². The number of hydrogen-bond donors (Lipinski definition) is 0. The number of hydrogen-bond acceptors (Lipinski definition) is 4. The van der Waals surface area contributed by atoms with Gasteiger partial charge >= 0.3 is 11.7 Å². The fourth-order valence-electron chi connectivity index (χ4n) is 1.63. The van der Waals surface area contributed by atoms with Gasteiger partial charge in [-0.3, -0.25) is 9.78 Å². The number of nitrogens with zero attached hydrogens (tertiary/aromatic N) is 3. The van der Waals surface area contributed by atoms with Crippen LogP contribution < -0.4 is 0 Å². The van der Waals surface area contributed by atoms with Gasteiger partial charge in [-0.2, -0.15) is 4.79 Å². The van der Waals surface area contributed by atoms with E-state index in [2.05, 4.69) is 14.5 Å². The van der Waals surface area contributed by atoms with Crippen molar-refractivity contribution in [3.63, 3.8) is 0 Å². The minimum absolute atomic E-state index is 0.213. The van der Waals surface area contributed by atoms with Crippen LogP contribution in [-0.4, -0.2) is 34.3 Å². The molecule has 0 aliphatic heterocycles. The zero-order chi connectivity index (χ0) is 14.4. The van der Waals surface area contributed by atoms with Crippen molar-refractivity contribution < 1.29 is 19.1 Å². The molecule has 0 fully saturated rings. The molecule has 1 heterocycles. The number of carbonyl (C=O) groups excluding carboxylic acids is 2. The zero-order valence-corrected chi connectivity index (χ0v) is 11.0. The van der Waals surface area contributed by atoms with Crippen molar-refractivity contribution in [2.24, 2.45) is 5.92 Å². The molecule has 0 amide bonds. The molecule has 0 aliphatic rings. The normalized spacial score (nSPS) is 13.0. The predicted molar refractivity (Wildman–Crippen MR) is 67.5 cm³/mol. The van der Waals surface area contributed by atoms with E-state index in [1.54, 1.807) is 25.3 Å². The van der Waals surface area contributed by atoms with Gasteiger partial charge in [0, 0.05) is 23.7 Å². The Bertz CT molecular complexity index is 521. The van der Waals surface area contributed by atoms with Crippen molar-refractivity contribution in [1.29, 1.82) is 0 Å². The molecule has 6 nitrogen and oxygen atoms in total. The first-order chi connectivity index (χ1) is 9.02. The molecule has 0 aromatic carbocycles. The summed E-state index contributed by atoms with van der Waals surface area (Å²) in [5.41, 5.74) is 8.88. The molecule has 1 aromatic rings. The van der Waals surface area contributed by atoms with E-state index in [0.29, 0.717) is 0 Å². The molecule has 0 radical (unpaired) electrons. The van der Waals surface area contributed by atoms with Crippen molar-refractivity contribution in [3.05, 3.63) is 35.6 Å². The first-order valence-electron chi connectivity index (χ1n) is 5.78. The van der Waals surface area contributed by atoms with Crippen molar-refractivity contribution in [2.75, 3.05) is 7.11 Å². The third kappa shape index (κ3) is 3.33. The molecular weight excluding hydrogens is 246 g/mol. The van der Waals surface area contributed by atoms with Crippen LogP contribution in [-0.2, 0) is 14.3 Å². The van der Waals surface area contributed by atoms with Crippen LogP contribution in [0.2, 0.25) is 0 Å². The SMILES string of the molecule is COC(=O)C(=[N+]=[N-])C(=O)[C@@H](C)[C@@H](C)c1ccccn1. The van der Waals surface area contributed by atoms with Crippen molar-refractivity contribution in [3.8, 4) is 0 Å². The highest BCUT2D eigenvalue weighted by molar-refractivity contribution is 6.62. The van der Waals surface area contributed by atoms with E-state index in [-0.39, 0.29) is 5.92 Å². The maximum atomic E-state index is 12.1. The van der Waals surface area contributed by atoms with Crippen LogP contribution in [0.3, 0.4) is 0 Å². The van der Waals surface area contributed by atoms with Crippen molar-refractivity contribution in [2.45, 2.75) is 19.8 Å². The summed E-state index contributed by atoms with van der Waals surface area (Å²) in [7, 11) is 1.12. The lowest BCUT2D eigenvalue weighted by molar-refractivity contribution is -0.140. The number of ether oxygens (including phenoxy) is 1. The van der Waals surface area contributed by atoms with Gasteiger partial charge in [-0.1, -0.05) is 19.9 Å². The summed E-state index contributed by atoms with van der Waals surface area (Å²) in [6.45, 7) is 3.47. The van der Waals surface area contributed by atoms with E-state index in [9.17, 15) is 9.59 Å². The second-order valence-electron chi connectivity index (χ2n) is 4.14. The fourth-order valence-corrected chi connectivity index (χ4v) is 1.63. The monoisotopic (exact) mass is 261 g/mol. The Hall–Kier alpha value is -2.33. The Morgan fingerprint density at radius 3 is 2.53 bits per heavy atom. The molecule has 1 aromatic heterocycles. The summed E-state index contributed by atoms with van der Waals surface area (Å²) in [4.78, 5) is 30.3. The minimum atomic E-state index is -0.951. The summed E-state index contributed by atoms with van der Waals surface area (Å²) in [5.74, 6) is -2.30. The molecule has 0 saturated carbocycles. The summed E-state index contributed by atoms with van der Waals surface area (Å²) in [6.07, 6.45) is 1.63. The van der Waals surface area contributed by atoms with Crippen LogP contribution in [0.1, 0.15) is 25.5 Å². The zero-order valence-electron chi connectivity index (χ0n) is 11.0. The summed E-state index contributed by atoms with van der Waals surface area (Å²) >= 11 is 0. The van der Waals surface area contributed by atoms with E-state index in [1.165, 1.54) is 0 Å². The average molecular weight is 261 g/mol. The molecule has 0 spiro atoms. The molecule has 1 rings (SSSR count). The van der Waals surface area contributed by atoms with Gasteiger partial charge in [0.1, 0.15) is 0 Å². The molecule has 6 heteroatoms. The van der Waals surface area contributed by atoms with Gasteiger partial charge in [0.2, 0.25) is 0 Å². The largest absolute Gasteiger partial charge is 0.460 e. The Kier molecular flexibility index (Phi) is 5.09. The second-order valence-corrected chi connectivity index (χ2v) is 4.14. The Morgan fingerprint density at radius 1 is 1.37 bits per heavy atom. The van der Waals surface area contributed by atoms with Gasteiger partial charge in [0.25, 0.3) is 5.78 Å². The van der Waals surface area contributed by atoms with Gasteiger partial charge in [-0.15, -0.1) is 0 Å². The Balaban J connectivity index is 2.94. The highest BCUT2D eigenvalue weighted by Crippen LogP contribution is 2.23. The molecule has 0 aliphatic carbocycles. The third-order valence-corrected chi connectivity index (χ3v) is 3.03. The van der Waals surface area contributed by atoms with Crippen molar-refractivity contribution in [1.82, 2.24) is 4.98 Å². The van der Waals surface area contributed by atoms with E-state index < -0.39 is 23.4 Å². The number of methoxy groups -OCH3 is 1. The van der Waals surface area contributed by atoms with Crippen molar-refractivity contribution >= 4 is 17.5 Å². The number of pyridine rings is 1. The first kappa shape index (κ1) is 14.7. The second kappa shape index (κ2) is 6.56. The highest BCUT2D eigenvalue weighted by Gasteiger charge is 2.37. The number of esters is 1. The quantitative estimate of drug-likeness (QED) is 0.262. The smallest absolute Gasteiger partial charge is 0.441 e. The number of Topliss-reactive ketones (excluding diaryl/α,β-unsaturated/α-hetero) is 1. The molecule has 100 valence electrons. The van der Waals surface area contributed by atoms with Crippen LogP contribution in [0.4, 0.5) is 0 Å². The Labute approximate surface area is 111 Å². The molecule has 0 bridgehead atoms. The maximum Gasteiger partial charge on any atom is 0.441 e. The van der Waals surface area contributed by atoms with Crippen LogP contribution >= 0.6 is 0 Å².